The molecule has 0 bridgehead atoms. The summed E-state index contributed by atoms with van der Waals surface area (Å²) >= 11 is 9.33. The molecule has 0 saturated heterocycles. The normalized spacial score (nSPS) is 12.1. The van der Waals surface area contributed by atoms with Crippen LogP contribution >= 0.6 is 27.5 Å². The quantitative estimate of drug-likeness (QED) is 0.552. The minimum atomic E-state index is -0.689. The Morgan fingerprint density at radius 1 is 1.16 bits per heavy atom. The average Bonchev–Trinajstić information content (AvgIpc) is 2.69. The average molecular weight is 512 g/mol. The Bertz CT molecular complexity index is 913. The second kappa shape index (κ2) is 10.9. The molecule has 0 spiro atoms. The number of hydrogen-bond donors (Lipinski definition) is 1. The molecule has 0 saturated carbocycles. The van der Waals surface area contributed by atoms with E-state index in [1.54, 1.807) is 32.2 Å². The zero-order chi connectivity index (χ0) is 23.2. The Morgan fingerprint density at radius 3 is 2.35 bits per heavy atom. The van der Waals surface area contributed by atoms with E-state index >= 15 is 0 Å². The van der Waals surface area contributed by atoms with Crippen molar-refractivity contribution in [2.45, 2.75) is 45.8 Å². The highest BCUT2D eigenvalue weighted by molar-refractivity contribution is 9.10. The lowest BCUT2D eigenvalue weighted by Crippen LogP contribution is -2.53. The van der Waals surface area contributed by atoms with Gasteiger partial charge in [0, 0.05) is 17.1 Å². The number of nitrogens with zero attached hydrogens (tertiary/aromatic N) is 1. The van der Waals surface area contributed by atoms with Crippen LogP contribution in [-0.2, 0) is 16.1 Å². The van der Waals surface area contributed by atoms with Gasteiger partial charge < -0.3 is 19.7 Å². The van der Waals surface area contributed by atoms with Crippen LogP contribution in [-0.4, -0.2) is 42.0 Å². The molecule has 2 rings (SSSR count). The van der Waals surface area contributed by atoms with Crippen molar-refractivity contribution in [2.75, 3.05) is 13.7 Å². The summed E-state index contributed by atoms with van der Waals surface area (Å²) in [5.74, 6) is 0.668. The van der Waals surface area contributed by atoms with Crippen LogP contribution in [0, 0.1) is 0 Å². The maximum Gasteiger partial charge on any atom is 0.261 e. The molecule has 0 fully saturated rings. The molecule has 2 aromatic rings. The number of amides is 2. The molecular formula is C23H28BrClN2O4. The summed E-state index contributed by atoms with van der Waals surface area (Å²) in [6, 6.07) is 11.7. The fourth-order valence-corrected chi connectivity index (χ4v) is 3.60. The molecule has 0 aliphatic carbocycles. The van der Waals surface area contributed by atoms with Gasteiger partial charge in [-0.05, 0) is 79.5 Å². The minimum Gasteiger partial charge on any atom is -0.497 e. The molecule has 0 heterocycles. The molecule has 8 heteroatoms. The van der Waals surface area contributed by atoms with Crippen LogP contribution in [0.4, 0.5) is 0 Å². The Hall–Kier alpha value is -2.25. The Kier molecular flexibility index (Phi) is 8.77. The number of halogens is 2. The van der Waals surface area contributed by atoms with Gasteiger partial charge >= 0.3 is 0 Å². The first-order valence-corrected chi connectivity index (χ1v) is 11.0. The number of hydrogen-bond acceptors (Lipinski definition) is 4. The van der Waals surface area contributed by atoms with Crippen molar-refractivity contribution in [3.63, 3.8) is 0 Å². The molecule has 6 nitrogen and oxygen atoms in total. The highest BCUT2D eigenvalue weighted by Gasteiger charge is 2.28. The van der Waals surface area contributed by atoms with Crippen molar-refractivity contribution in [1.29, 1.82) is 0 Å². The summed E-state index contributed by atoms with van der Waals surface area (Å²) < 4.78 is 11.5. The van der Waals surface area contributed by atoms with Crippen molar-refractivity contribution in [2.24, 2.45) is 0 Å². The zero-order valence-electron chi connectivity index (χ0n) is 18.4. The van der Waals surface area contributed by atoms with E-state index in [1.807, 2.05) is 45.0 Å². The Morgan fingerprint density at radius 2 is 1.81 bits per heavy atom. The molecule has 31 heavy (non-hydrogen) atoms. The highest BCUT2D eigenvalue weighted by atomic mass is 79.9. The van der Waals surface area contributed by atoms with Crippen molar-refractivity contribution in [3.8, 4) is 11.5 Å². The summed E-state index contributed by atoms with van der Waals surface area (Å²) in [6.07, 6.45) is 0. The molecule has 0 unspecified atom stereocenters. The summed E-state index contributed by atoms with van der Waals surface area (Å²) in [5, 5.41) is 3.49. The van der Waals surface area contributed by atoms with E-state index in [4.69, 9.17) is 21.1 Å². The third kappa shape index (κ3) is 7.74. The number of rotatable bonds is 8. The first-order valence-electron chi connectivity index (χ1n) is 9.82. The predicted molar refractivity (Wildman–Crippen MR) is 126 cm³/mol. The number of methoxy groups -OCH3 is 1. The van der Waals surface area contributed by atoms with Gasteiger partial charge in [0.2, 0.25) is 5.91 Å². The first-order chi connectivity index (χ1) is 14.5. The number of carbonyl (C=O) groups excluding carboxylic acids is 2. The van der Waals surface area contributed by atoms with Gasteiger partial charge in [-0.25, -0.2) is 0 Å². The zero-order valence-corrected chi connectivity index (χ0v) is 20.7. The van der Waals surface area contributed by atoms with Gasteiger partial charge in [-0.3, -0.25) is 9.59 Å². The fourth-order valence-electron chi connectivity index (χ4n) is 2.80. The number of ether oxygens (including phenoxy) is 2. The topological polar surface area (TPSA) is 67.9 Å². The third-order valence-corrected chi connectivity index (χ3v) is 5.28. The molecule has 0 aliphatic heterocycles. The van der Waals surface area contributed by atoms with E-state index in [2.05, 4.69) is 21.2 Å². The minimum absolute atomic E-state index is 0.219. The van der Waals surface area contributed by atoms with Gasteiger partial charge in [0.05, 0.1) is 11.6 Å². The molecule has 1 atom stereocenters. The Labute approximate surface area is 197 Å². The van der Waals surface area contributed by atoms with Gasteiger partial charge in [0.25, 0.3) is 5.91 Å². The highest BCUT2D eigenvalue weighted by Crippen LogP contribution is 2.28. The second-order valence-electron chi connectivity index (χ2n) is 8.15. The largest absolute Gasteiger partial charge is 0.497 e. The third-order valence-electron chi connectivity index (χ3n) is 4.42. The summed E-state index contributed by atoms with van der Waals surface area (Å²) in [6.45, 7) is 7.44. The van der Waals surface area contributed by atoms with Crippen molar-refractivity contribution < 1.29 is 19.1 Å². The van der Waals surface area contributed by atoms with E-state index in [0.717, 1.165) is 11.3 Å². The van der Waals surface area contributed by atoms with Crippen LogP contribution in [0.3, 0.4) is 0 Å². The van der Waals surface area contributed by atoms with Crippen molar-refractivity contribution in [3.05, 3.63) is 57.5 Å². The SMILES string of the molecule is COc1ccc(CN(C(=O)COc2ccc(Cl)cc2Br)[C@H](C)C(=O)NC(C)(C)C)cc1. The molecule has 0 aliphatic rings. The first kappa shape index (κ1) is 25.0. The fraction of sp³-hybridized carbons (Fsp3) is 0.391. The van der Waals surface area contributed by atoms with E-state index in [1.165, 1.54) is 4.90 Å². The predicted octanol–water partition coefficient (Wildman–Crippen LogP) is 4.82. The maximum absolute atomic E-state index is 13.1. The van der Waals surface area contributed by atoms with E-state index in [9.17, 15) is 9.59 Å². The summed E-state index contributed by atoms with van der Waals surface area (Å²) in [5.41, 5.74) is 0.461. The van der Waals surface area contributed by atoms with E-state index in [0.29, 0.717) is 15.2 Å². The number of benzene rings is 2. The molecule has 168 valence electrons. The Balaban J connectivity index is 2.19. The van der Waals surface area contributed by atoms with Crippen LogP contribution in [0.2, 0.25) is 5.02 Å². The molecular weight excluding hydrogens is 484 g/mol. The van der Waals surface area contributed by atoms with Crippen molar-refractivity contribution >= 4 is 39.3 Å². The van der Waals surface area contributed by atoms with Crippen LogP contribution < -0.4 is 14.8 Å². The van der Waals surface area contributed by atoms with Crippen LogP contribution in [0.25, 0.3) is 0 Å². The van der Waals surface area contributed by atoms with Crippen LogP contribution in [0.15, 0.2) is 46.9 Å². The molecule has 0 aromatic heterocycles. The number of carbonyl (C=O) groups is 2. The van der Waals surface area contributed by atoms with Gasteiger partial charge in [-0.15, -0.1) is 0 Å². The van der Waals surface area contributed by atoms with Gasteiger partial charge in [0.15, 0.2) is 6.61 Å². The van der Waals surface area contributed by atoms with E-state index in [-0.39, 0.29) is 25.0 Å². The van der Waals surface area contributed by atoms with Crippen LogP contribution in [0.5, 0.6) is 11.5 Å². The smallest absolute Gasteiger partial charge is 0.261 e. The van der Waals surface area contributed by atoms with Gasteiger partial charge in [-0.2, -0.15) is 0 Å². The van der Waals surface area contributed by atoms with E-state index < -0.39 is 11.6 Å². The molecule has 0 radical (unpaired) electrons. The summed E-state index contributed by atoms with van der Waals surface area (Å²) in [4.78, 5) is 27.4. The number of nitrogens with one attached hydrogen (secondary N) is 1. The molecule has 2 amide bonds. The van der Waals surface area contributed by atoms with Crippen LogP contribution in [0.1, 0.15) is 33.3 Å². The lowest BCUT2D eigenvalue weighted by molar-refractivity contribution is -0.142. The van der Waals surface area contributed by atoms with Crippen molar-refractivity contribution in [1.82, 2.24) is 10.2 Å². The maximum atomic E-state index is 13.1. The van der Waals surface area contributed by atoms with Gasteiger partial charge in [-0.1, -0.05) is 23.7 Å². The lowest BCUT2D eigenvalue weighted by atomic mass is 10.1. The molecule has 2 aromatic carbocycles. The summed E-state index contributed by atoms with van der Waals surface area (Å²) in [7, 11) is 1.59. The second-order valence-corrected chi connectivity index (χ2v) is 9.44. The monoisotopic (exact) mass is 510 g/mol. The lowest BCUT2D eigenvalue weighted by Gasteiger charge is -2.31. The molecule has 1 N–H and O–H groups in total. The van der Waals surface area contributed by atoms with Gasteiger partial charge in [0.1, 0.15) is 17.5 Å². The standard InChI is InChI=1S/C23H28BrClN2O4/c1-15(22(29)26-23(2,3)4)27(13-16-6-9-18(30-5)10-7-16)21(28)14-31-20-11-8-17(25)12-19(20)24/h6-12,15H,13-14H2,1-5H3,(H,26,29)/t15-/m1/s1.